The van der Waals surface area contributed by atoms with Gasteiger partial charge in [-0.15, -0.1) is 12.4 Å². The van der Waals surface area contributed by atoms with Gasteiger partial charge in [-0.3, -0.25) is 9.59 Å². The molecule has 1 fully saturated rings. The predicted octanol–water partition coefficient (Wildman–Crippen LogP) is 2.03. The van der Waals surface area contributed by atoms with E-state index in [0.29, 0.717) is 23.7 Å². The minimum absolute atomic E-state index is 0. The number of nitrogens with zero attached hydrogens (tertiary/aromatic N) is 2. The lowest BCUT2D eigenvalue weighted by Crippen LogP contribution is -2.49. The molecule has 8 heteroatoms. The molecule has 0 atom stereocenters. The maximum atomic E-state index is 12.3. The molecule has 2 rings (SSSR count). The molecule has 5 nitrogen and oxygen atoms in total. The molecule has 0 aliphatic carbocycles. The van der Waals surface area contributed by atoms with Crippen LogP contribution in [-0.2, 0) is 4.79 Å². The van der Waals surface area contributed by atoms with Crippen molar-refractivity contribution in [2.45, 2.75) is 0 Å². The van der Waals surface area contributed by atoms with E-state index in [0.717, 1.165) is 17.6 Å². The fraction of sp³-hybridized carbons (Fsp3) is 0.429. The standard InChI is InChI=1S/C14H17BrClN3O2.ClH/c1-18(9-13(20)19-6-4-17-5-7-19)14(21)11-3-2-10(15)8-12(11)16;/h2-3,8,17H,4-7,9H2,1H3;1H. The minimum atomic E-state index is -0.254. The van der Waals surface area contributed by atoms with Crippen molar-refractivity contribution < 1.29 is 9.59 Å². The fourth-order valence-electron chi connectivity index (χ4n) is 2.16. The monoisotopic (exact) mass is 409 g/mol. The molecule has 1 aliphatic rings. The topological polar surface area (TPSA) is 52.7 Å². The first-order chi connectivity index (χ1) is 9.99. The molecule has 0 bridgehead atoms. The third-order valence-corrected chi connectivity index (χ3v) is 4.16. The Labute approximate surface area is 149 Å². The number of carbonyl (C=O) groups is 2. The van der Waals surface area contributed by atoms with Crippen LogP contribution in [0, 0.1) is 0 Å². The van der Waals surface area contributed by atoms with Crippen molar-refractivity contribution in [2.24, 2.45) is 0 Å². The Bertz CT molecular complexity index is 551. The van der Waals surface area contributed by atoms with Gasteiger partial charge in [-0.05, 0) is 18.2 Å². The van der Waals surface area contributed by atoms with Crippen LogP contribution in [-0.4, -0.2) is 61.4 Å². The van der Waals surface area contributed by atoms with Gasteiger partial charge in [0.2, 0.25) is 5.91 Å². The number of hydrogen-bond acceptors (Lipinski definition) is 3. The average molecular weight is 411 g/mol. The second-order valence-electron chi connectivity index (χ2n) is 4.92. The molecule has 1 aliphatic heterocycles. The first-order valence-corrected chi connectivity index (χ1v) is 7.85. The maximum Gasteiger partial charge on any atom is 0.255 e. The van der Waals surface area contributed by atoms with Gasteiger partial charge in [-0.25, -0.2) is 0 Å². The zero-order chi connectivity index (χ0) is 15.4. The third-order valence-electron chi connectivity index (χ3n) is 3.35. The van der Waals surface area contributed by atoms with Gasteiger partial charge in [-0.1, -0.05) is 27.5 Å². The molecule has 22 heavy (non-hydrogen) atoms. The number of piperazine rings is 1. The summed E-state index contributed by atoms with van der Waals surface area (Å²) in [5, 5.41) is 3.56. The number of benzene rings is 1. The van der Waals surface area contributed by atoms with E-state index < -0.39 is 0 Å². The summed E-state index contributed by atoms with van der Waals surface area (Å²) in [7, 11) is 1.61. The summed E-state index contributed by atoms with van der Waals surface area (Å²) in [5.41, 5.74) is 0.399. The zero-order valence-electron chi connectivity index (χ0n) is 12.1. The Morgan fingerprint density at radius 2 is 2.00 bits per heavy atom. The fourth-order valence-corrected chi connectivity index (χ4v) is 2.91. The number of carbonyl (C=O) groups excluding carboxylic acids is 2. The first kappa shape index (κ1) is 19.2. The molecule has 1 saturated heterocycles. The lowest BCUT2D eigenvalue weighted by molar-refractivity contribution is -0.132. The van der Waals surface area contributed by atoms with Crippen molar-refractivity contribution in [3.05, 3.63) is 33.3 Å². The smallest absolute Gasteiger partial charge is 0.255 e. The lowest BCUT2D eigenvalue weighted by atomic mass is 10.2. The lowest BCUT2D eigenvalue weighted by Gasteiger charge is -2.29. The predicted molar refractivity (Wildman–Crippen MR) is 92.8 cm³/mol. The van der Waals surface area contributed by atoms with Crippen LogP contribution in [0.2, 0.25) is 5.02 Å². The number of nitrogens with one attached hydrogen (secondary N) is 1. The van der Waals surface area contributed by atoms with E-state index in [4.69, 9.17) is 11.6 Å². The normalized spacial score (nSPS) is 14.2. The molecule has 0 saturated carbocycles. The zero-order valence-corrected chi connectivity index (χ0v) is 15.3. The van der Waals surface area contributed by atoms with E-state index in [9.17, 15) is 9.59 Å². The summed E-state index contributed by atoms with van der Waals surface area (Å²) < 4.78 is 0.809. The van der Waals surface area contributed by atoms with Gasteiger partial charge in [0.1, 0.15) is 0 Å². The van der Waals surface area contributed by atoms with Gasteiger partial charge in [-0.2, -0.15) is 0 Å². The highest BCUT2D eigenvalue weighted by molar-refractivity contribution is 9.10. The van der Waals surface area contributed by atoms with E-state index in [2.05, 4.69) is 21.2 Å². The van der Waals surface area contributed by atoms with Gasteiger partial charge < -0.3 is 15.1 Å². The van der Waals surface area contributed by atoms with Crippen molar-refractivity contribution in [3.8, 4) is 0 Å². The van der Waals surface area contributed by atoms with Crippen molar-refractivity contribution >= 4 is 51.8 Å². The molecule has 122 valence electrons. The summed E-state index contributed by atoms with van der Waals surface area (Å²) in [4.78, 5) is 27.7. The average Bonchev–Trinajstić information content (AvgIpc) is 2.47. The molecular formula is C14H18BrCl2N3O2. The van der Waals surface area contributed by atoms with Crippen LogP contribution in [0.5, 0.6) is 0 Å². The summed E-state index contributed by atoms with van der Waals surface area (Å²) in [6, 6.07) is 5.08. The molecule has 1 heterocycles. The first-order valence-electron chi connectivity index (χ1n) is 6.68. The Balaban J connectivity index is 0.00000242. The molecule has 1 aromatic rings. The minimum Gasteiger partial charge on any atom is -0.339 e. The van der Waals surface area contributed by atoms with Crippen LogP contribution in [0.25, 0.3) is 0 Å². The second-order valence-corrected chi connectivity index (χ2v) is 6.24. The molecule has 0 spiro atoms. The highest BCUT2D eigenvalue weighted by atomic mass is 79.9. The molecule has 1 N–H and O–H groups in total. The van der Waals surface area contributed by atoms with Crippen LogP contribution in [0.3, 0.4) is 0 Å². The Morgan fingerprint density at radius 3 is 2.59 bits per heavy atom. The van der Waals surface area contributed by atoms with Crippen molar-refractivity contribution in [1.29, 1.82) is 0 Å². The van der Waals surface area contributed by atoms with E-state index in [1.54, 1.807) is 30.1 Å². The van der Waals surface area contributed by atoms with Gasteiger partial charge in [0.15, 0.2) is 0 Å². The number of hydrogen-bond donors (Lipinski definition) is 1. The van der Waals surface area contributed by atoms with Gasteiger partial charge >= 0.3 is 0 Å². The number of likely N-dealkylation sites (N-methyl/N-ethyl adjacent to an activating group) is 1. The molecule has 2 amide bonds. The van der Waals surface area contributed by atoms with Crippen molar-refractivity contribution in [2.75, 3.05) is 39.8 Å². The van der Waals surface area contributed by atoms with Crippen molar-refractivity contribution in [3.63, 3.8) is 0 Å². The molecule has 0 aromatic heterocycles. The van der Waals surface area contributed by atoms with Gasteiger partial charge in [0, 0.05) is 37.7 Å². The van der Waals surface area contributed by atoms with Gasteiger partial charge in [0.25, 0.3) is 5.91 Å². The molecule has 0 radical (unpaired) electrons. The Hall–Kier alpha value is -0.820. The third kappa shape index (κ3) is 4.84. The quantitative estimate of drug-likeness (QED) is 0.829. The summed E-state index contributed by atoms with van der Waals surface area (Å²) in [5.74, 6) is -0.295. The number of halogens is 3. The Morgan fingerprint density at radius 1 is 1.36 bits per heavy atom. The van der Waals surface area contributed by atoms with Crippen LogP contribution in [0.1, 0.15) is 10.4 Å². The SMILES string of the molecule is CN(CC(=O)N1CCNCC1)C(=O)c1ccc(Br)cc1Cl.Cl. The highest BCUT2D eigenvalue weighted by Gasteiger charge is 2.21. The van der Waals surface area contributed by atoms with Crippen molar-refractivity contribution in [1.82, 2.24) is 15.1 Å². The number of amides is 2. The highest BCUT2D eigenvalue weighted by Crippen LogP contribution is 2.22. The van der Waals surface area contributed by atoms with E-state index in [-0.39, 0.29) is 30.8 Å². The maximum absolute atomic E-state index is 12.3. The summed E-state index contributed by atoms with van der Waals surface area (Å²) in [6.07, 6.45) is 0. The van der Waals surface area contributed by atoms with Crippen LogP contribution < -0.4 is 5.32 Å². The van der Waals surface area contributed by atoms with Crippen LogP contribution in [0.15, 0.2) is 22.7 Å². The second kappa shape index (κ2) is 8.72. The van der Waals surface area contributed by atoms with Gasteiger partial charge in [0.05, 0.1) is 17.1 Å². The van der Waals surface area contributed by atoms with E-state index >= 15 is 0 Å². The largest absolute Gasteiger partial charge is 0.339 e. The number of rotatable bonds is 3. The molecule has 1 aromatic carbocycles. The van der Waals surface area contributed by atoms with E-state index in [1.165, 1.54) is 4.90 Å². The van der Waals surface area contributed by atoms with Crippen LogP contribution in [0.4, 0.5) is 0 Å². The van der Waals surface area contributed by atoms with Crippen LogP contribution >= 0.6 is 39.9 Å². The molecular weight excluding hydrogens is 393 g/mol. The Kier molecular flexibility index (Phi) is 7.62. The molecule has 0 unspecified atom stereocenters. The van der Waals surface area contributed by atoms with E-state index in [1.807, 2.05) is 0 Å². The summed E-state index contributed by atoms with van der Waals surface area (Å²) in [6.45, 7) is 3.01. The summed E-state index contributed by atoms with van der Waals surface area (Å²) >= 11 is 9.37.